The summed E-state index contributed by atoms with van der Waals surface area (Å²) in [6, 6.07) is 7.17. The average Bonchev–Trinajstić information content (AvgIpc) is 3.08. The van der Waals surface area contributed by atoms with E-state index in [0.29, 0.717) is 17.9 Å². The highest BCUT2D eigenvalue weighted by atomic mass is 32.2. The van der Waals surface area contributed by atoms with E-state index < -0.39 is 0 Å². The molecule has 6 nitrogen and oxygen atoms in total. The maximum absolute atomic E-state index is 12.4. The van der Waals surface area contributed by atoms with Crippen molar-refractivity contribution < 1.29 is 19.1 Å². The van der Waals surface area contributed by atoms with Gasteiger partial charge in [-0.1, -0.05) is 25.0 Å². The number of nitrogens with one attached hydrogen (secondary N) is 2. The van der Waals surface area contributed by atoms with Crippen LogP contribution in [0.2, 0.25) is 0 Å². The van der Waals surface area contributed by atoms with E-state index in [1.165, 1.54) is 11.8 Å². The molecule has 0 aliphatic heterocycles. The summed E-state index contributed by atoms with van der Waals surface area (Å²) in [6.45, 7) is 2.07. The van der Waals surface area contributed by atoms with Crippen molar-refractivity contribution >= 4 is 35.2 Å². The highest BCUT2D eigenvalue weighted by Gasteiger charge is 2.20. The number of carbonyl (C=O) groups is 3. The number of carbonyl (C=O) groups excluding carboxylic acids is 3. The van der Waals surface area contributed by atoms with E-state index in [4.69, 9.17) is 4.74 Å². The molecule has 0 bridgehead atoms. The fourth-order valence-electron chi connectivity index (χ4n) is 2.74. The first-order valence-corrected chi connectivity index (χ1v) is 9.68. The summed E-state index contributed by atoms with van der Waals surface area (Å²) in [7, 11) is 0. The van der Waals surface area contributed by atoms with E-state index in [1.54, 1.807) is 31.2 Å². The van der Waals surface area contributed by atoms with E-state index in [-0.39, 0.29) is 35.3 Å². The van der Waals surface area contributed by atoms with Crippen molar-refractivity contribution in [3.05, 3.63) is 29.8 Å². The van der Waals surface area contributed by atoms with E-state index in [9.17, 15) is 14.4 Å². The van der Waals surface area contributed by atoms with Gasteiger partial charge in [0, 0.05) is 6.04 Å². The maximum atomic E-state index is 12.4. The summed E-state index contributed by atoms with van der Waals surface area (Å²) in [4.78, 5) is 35.8. The van der Waals surface area contributed by atoms with Crippen LogP contribution in [0.5, 0.6) is 0 Å². The lowest BCUT2D eigenvalue weighted by Gasteiger charge is -2.15. The number of anilines is 1. The number of rotatable bonds is 8. The van der Waals surface area contributed by atoms with Gasteiger partial charge >= 0.3 is 5.97 Å². The molecule has 0 atom stereocenters. The molecule has 1 aromatic carbocycles. The van der Waals surface area contributed by atoms with Crippen molar-refractivity contribution in [1.82, 2.24) is 5.32 Å². The zero-order valence-corrected chi connectivity index (χ0v) is 15.2. The molecule has 0 aromatic heterocycles. The van der Waals surface area contributed by atoms with Gasteiger partial charge in [-0.2, -0.15) is 0 Å². The molecule has 1 aliphatic carbocycles. The molecular formula is C18H24N2O4S. The average molecular weight is 364 g/mol. The Balaban J connectivity index is 1.87. The number of hydrogen-bond donors (Lipinski definition) is 2. The first kappa shape index (κ1) is 19.3. The van der Waals surface area contributed by atoms with Crippen LogP contribution in [0.1, 0.15) is 43.0 Å². The van der Waals surface area contributed by atoms with Crippen molar-refractivity contribution in [2.24, 2.45) is 0 Å². The molecule has 1 fully saturated rings. The van der Waals surface area contributed by atoms with Gasteiger partial charge in [0.1, 0.15) is 0 Å². The van der Waals surface area contributed by atoms with E-state index in [2.05, 4.69) is 10.6 Å². The third kappa shape index (κ3) is 6.42. The monoisotopic (exact) mass is 364 g/mol. The van der Waals surface area contributed by atoms with Crippen LogP contribution in [0.3, 0.4) is 0 Å². The Labute approximate surface area is 152 Å². The quantitative estimate of drug-likeness (QED) is 0.693. The Bertz CT molecular complexity index is 615. The molecule has 1 saturated carbocycles. The van der Waals surface area contributed by atoms with Crippen molar-refractivity contribution in [2.75, 3.05) is 23.4 Å². The van der Waals surface area contributed by atoms with Gasteiger partial charge in [0.15, 0.2) is 0 Å². The molecule has 1 aliphatic rings. The fourth-order valence-corrected chi connectivity index (χ4v) is 3.35. The number of hydrogen-bond acceptors (Lipinski definition) is 5. The van der Waals surface area contributed by atoms with E-state index in [0.717, 1.165) is 25.7 Å². The van der Waals surface area contributed by atoms with Crippen LogP contribution in [0.15, 0.2) is 24.3 Å². The van der Waals surface area contributed by atoms with Crippen molar-refractivity contribution in [3.63, 3.8) is 0 Å². The number of thioether (sulfide) groups is 1. The summed E-state index contributed by atoms with van der Waals surface area (Å²) in [6.07, 6.45) is 4.29. The minimum atomic E-state index is -0.336. The summed E-state index contributed by atoms with van der Waals surface area (Å²) in [5.41, 5.74) is 0.942. The molecule has 1 aromatic rings. The van der Waals surface area contributed by atoms with Gasteiger partial charge in [-0.05, 0) is 31.9 Å². The third-order valence-electron chi connectivity index (χ3n) is 3.89. The summed E-state index contributed by atoms with van der Waals surface area (Å²) in [5, 5.41) is 5.77. The molecule has 2 rings (SSSR count). The summed E-state index contributed by atoms with van der Waals surface area (Å²) in [5.74, 6) is -0.503. The van der Waals surface area contributed by atoms with Crippen molar-refractivity contribution in [3.8, 4) is 0 Å². The minimum absolute atomic E-state index is 0.122. The maximum Gasteiger partial charge on any atom is 0.315 e. The van der Waals surface area contributed by atoms with E-state index in [1.807, 2.05) is 0 Å². The minimum Gasteiger partial charge on any atom is -0.465 e. The smallest absolute Gasteiger partial charge is 0.315 e. The van der Waals surface area contributed by atoms with Crippen LogP contribution in [0, 0.1) is 0 Å². The number of ether oxygens (including phenoxy) is 1. The predicted octanol–water partition coefficient (Wildman–Crippen LogP) is 2.59. The van der Waals surface area contributed by atoms with Crippen LogP contribution < -0.4 is 10.6 Å². The predicted molar refractivity (Wildman–Crippen MR) is 98.8 cm³/mol. The Morgan fingerprint density at radius 1 is 1.16 bits per heavy atom. The normalized spacial score (nSPS) is 14.1. The van der Waals surface area contributed by atoms with Crippen LogP contribution in [0.25, 0.3) is 0 Å². The second-order valence-corrected chi connectivity index (χ2v) is 6.83. The Morgan fingerprint density at radius 2 is 1.88 bits per heavy atom. The van der Waals surface area contributed by atoms with Crippen molar-refractivity contribution in [1.29, 1.82) is 0 Å². The molecule has 0 saturated heterocycles. The molecule has 0 unspecified atom stereocenters. The lowest BCUT2D eigenvalue weighted by atomic mass is 10.1. The SMILES string of the molecule is CCOC(=O)CSCC(=O)Nc1ccccc1C(=O)NC1CCCC1. The molecule has 2 amide bonds. The lowest BCUT2D eigenvalue weighted by molar-refractivity contribution is -0.139. The second kappa shape index (κ2) is 10.1. The molecule has 2 N–H and O–H groups in total. The van der Waals surface area contributed by atoms with Gasteiger partial charge in [-0.25, -0.2) is 0 Å². The highest BCUT2D eigenvalue weighted by molar-refractivity contribution is 8.00. The van der Waals surface area contributed by atoms with Gasteiger partial charge in [0.25, 0.3) is 5.91 Å². The zero-order valence-electron chi connectivity index (χ0n) is 14.4. The zero-order chi connectivity index (χ0) is 18.1. The van der Waals surface area contributed by atoms with Gasteiger partial charge in [0.2, 0.25) is 5.91 Å². The number of esters is 1. The molecule has 136 valence electrons. The second-order valence-electron chi connectivity index (χ2n) is 5.85. The Morgan fingerprint density at radius 3 is 2.60 bits per heavy atom. The molecule has 7 heteroatoms. The van der Waals surface area contributed by atoms with Crippen LogP contribution in [-0.4, -0.2) is 41.9 Å². The first-order chi connectivity index (χ1) is 12.1. The Hall–Kier alpha value is -2.02. The summed E-state index contributed by atoms with van der Waals surface area (Å²) < 4.78 is 4.81. The van der Waals surface area contributed by atoms with Gasteiger partial charge in [-0.15, -0.1) is 11.8 Å². The van der Waals surface area contributed by atoms with Crippen LogP contribution >= 0.6 is 11.8 Å². The number of amides is 2. The molecule has 0 spiro atoms. The highest BCUT2D eigenvalue weighted by Crippen LogP contribution is 2.20. The lowest BCUT2D eigenvalue weighted by Crippen LogP contribution is -2.33. The van der Waals surface area contributed by atoms with Gasteiger partial charge < -0.3 is 15.4 Å². The molecular weight excluding hydrogens is 340 g/mol. The standard InChI is InChI=1S/C18H24N2O4S/c1-2-24-17(22)12-25-11-16(21)20-15-10-6-5-9-14(15)18(23)19-13-7-3-4-8-13/h5-6,9-10,13H,2-4,7-8,11-12H2,1H3,(H,19,23)(H,20,21). The van der Waals surface area contributed by atoms with Crippen LogP contribution in [-0.2, 0) is 14.3 Å². The molecule has 25 heavy (non-hydrogen) atoms. The largest absolute Gasteiger partial charge is 0.465 e. The number of para-hydroxylation sites is 1. The molecule has 0 heterocycles. The number of benzene rings is 1. The summed E-state index contributed by atoms with van der Waals surface area (Å²) >= 11 is 1.18. The topological polar surface area (TPSA) is 84.5 Å². The fraction of sp³-hybridized carbons (Fsp3) is 0.500. The van der Waals surface area contributed by atoms with E-state index >= 15 is 0 Å². The van der Waals surface area contributed by atoms with Crippen LogP contribution in [0.4, 0.5) is 5.69 Å². The third-order valence-corrected chi connectivity index (χ3v) is 4.80. The van der Waals surface area contributed by atoms with Gasteiger partial charge in [0.05, 0.1) is 29.4 Å². The van der Waals surface area contributed by atoms with Gasteiger partial charge in [-0.3, -0.25) is 14.4 Å². The first-order valence-electron chi connectivity index (χ1n) is 8.53. The Kier molecular flexibility index (Phi) is 7.78. The van der Waals surface area contributed by atoms with Crippen molar-refractivity contribution in [2.45, 2.75) is 38.6 Å². The molecule has 0 radical (unpaired) electrons.